The van der Waals surface area contributed by atoms with E-state index in [-0.39, 0.29) is 12.8 Å². The topological polar surface area (TPSA) is 149 Å². The zero-order valence-electron chi connectivity index (χ0n) is 32.3. The molecule has 0 fully saturated rings. The normalized spacial score (nSPS) is 14.2. The summed E-state index contributed by atoms with van der Waals surface area (Å²) >= 11 is 0. The lowest BCUT2D eigenvalue weighted by atomic mass is 10.1. The number of aliphatic hydroxyl groups excluding tert-OH is 2. The first kappa shape index (κ1) is 49.5. The van der Waals surface area contributed by atoms with Gasteiger partial charge in [0.05, 0.1) is 26.4 Å². The fourth-order valence-electron chi connectivity index (χ4n) is 5.46. The Hall–Kier alpha value is -1.55. The molecule has 0 aliphatic carbocycles. The standard InChI is InChI=1S/C40H75O10P/c1-3-5-7-9-11-13-15-17-18-20-22-24-26-28-30-32-40(44)50-38(34-42)36-48-51(45,46)47-35-37(33-41)49-39(43)31-29-27-25-23-21-19-16-14-12-10-8-6-4-2/h14,16-18,37-38,41-42H,3-13,15,19-36H2,1-2H3,(H,45,46)/b16-14-,18-17-. The van der Waals surface area contributed by atoms with Crippen molar-refractivity contribution in [3.63, 3.8) is 0 Å². The average molecular weight is 747 g/mol. The second-order valence-electron chi connectivity index (χ2n) is 13.6. The highest BCUT2D eigenvalue weighted by molar-refractivity contribution is 7.47. The van der Waals surface area contributed by atoms with Crippen molar-refractivity contribution in [2.45, 2.75) is 193 Å². The van der Waals surface area contributed by atoms with E-state index >= 15 is 0 Å². The molecule has 51 heavy (non-hydrogen) atoms. The fourth-order valence-corrected chi connectivity index (χ4v) is 6.24. The maximum absolute atomic E-state index is 12.3. The Bertz CT molecular complexity index is 910. The predicted molar refractivity (Wildman–Crippen MR) is 205 cm³/mol. The minimum Gasteiger partial charge on any atom is -0.457 e. The van der Waals surface area contributed by atoms with E-state index in [4.69, 9.17) is 18.5 Å². The van der Waals surface area contributed by atoms with Gasteiger partial charge in [-0.25, -0.2) is 4.57 Å². The number of rotatable bonds is 38. The second kappa shape index (κ2) is 36.8. The van der Waals surface area contributed by atoms with Crippen LogP contribution in [0, 0.1) is 0 Å². The lowest BCUT2D eigenvalue weighted by Crippen LogP contribution is -2.28. The molecule has 3 atom stereocenters. The van der Waals surface area contributed by atoms with Crippen LogP contribution in [0.5, 0.6) is 0 Å². The van der Waals surface area contributed by atoms with Crippen LogP contribution in [0.25, 0.3) is 0 Å². The number of ether oxygens (including phenoxy) is 2. The second-order valence-corrected chi connectivity index (χ2v) is 15.1. The van der Waals surface area contributed by atoms with Crippen LogP contribution in [0.4, 0.5) is 0 Å². The Kier molecular flexibility index (Phi) is 35.7. The van der Waals surface area contributed by atoms with Gasteiger partial charge in [-0.2, -0.15) is 0 Å². The number of unbranched alkanes of at least 4 members (excludes halogenated alkanes) is 20. The van der Waals surface area contributed by atoms with E-state index in [1.54, 1.807) is 0 Å². The van der Waals surface area contributed by atoms with Gasteiger partial charge in [0.1, 0.15) is 12.2 Å². The Morgan fingerprint density at radius 1 is 0.510 bits per heavy atom. The molecule has 0 spiro atoms. The van der Waals surface area contributed by atoms with E-state index in [1.807, 2.05) is 0 Å². The van der Waals surface area contributed by atoms with Gasteiger partial charge in [-0.15, -0.1) is 0 Å². The first-order valence-electron chi connectivity index (χ1n) is 20.3. The van der Waals surface area contributed by atoms with Gasteiger partial charge in [-0.1, -0.05) is 128 Å². The first-order valence-corrected chi connectivity index (χ1v) is 21.8. The molecule has 0 aromatic carbocycles. The number of hydrogen-bond acceptors (Lipinski definition) is 9. The van der Waals surface area contributed by atoms with Gasteiger partial charge in [0.15, 0.2) is 0 Å². The molecule has 0 saturated carbocycles. The summed E-state index contributed by atoms with van der Waals surface area (Å²) < 4.78 is 32.5. The number of phosphoric ester groups is 1. The Morgan fingerprint density at radius 2 is 0.804 bits per heavy atom. The molecule has 11 heteroatoms. The van der Waals surface area contributed by atoms with Crippen molar-refractivity contribution in [1.29, 1.82) is 0 Å². The van der Waals surface area contributed by atoms with Crippen LogP contribution in [0.3, 0.4) is 0 Å². The Labute approximate surface area is 310 Å². The SMILES string of the molecule is CCCCCC/C=C\CCCCCCCC(=O)OC(CO)COP(=O)(O)OCC(CO)OC(=O)CCCCCCC/C=C\CCCCCCCC. The molecule has 300 valence electrons. The summed E-state index contributed by atoms with van der Waals surface area (Å²) in [5, 5.41) is 19.1. The number of hydrogen-bond donors (Lipinski definition) is 3. The zero-order valence-corrected chi connectivity index (χ0v) is 33.2. The van der Waals surface area contributed by atoms with Crippen LogP contribution >= 0.6 is 7.82 Å². The minimum absolute atomic E-state index is 0.183. The number of aliphatic hydroxyl groups is 2. The van der Waals surface area contributed by atoms with Gasteiger partial charge in [0.25, 0.3) is 0 Å². The highest BCUT2D eigenvalue weighted by atomic mass is 31.2. The van der Waals surface area contributed by atoms with Crippen LogP contribution in [0.1, 0.15) is 181 Å². The van der Waals surface area contributed by atoms with Crippen LogP contribution in [-0.2, 0) is 32.7 Å². The molecule has 3 N–H and O–H groups in total. The first-order chi connectivity index (χ1) is 24.8. The summed E-state index contributed by atoms with van der Waals surface area (Å²) in [6.45, 7) is 2.16. The molecule has 0 rings (SSSR count). The predicted octanol–water partition coefficient (Wildman–Crippen LogP) is 10.2. The molecule has 0 saturated heterocycles. The number of carbonyl (C=O) groups is 2. The molecule has 0 bridgehead atoms. The Morgan fingerprint density at radius 3 is 1.14 bits per heavy atom. The van der Waals surface area contributed by atoms with E-state index in [0.29, 0.717) is 12.8 Å². The molecule has 0 aliphatic rings. The summed E-state index contributed by atoms with van der Waals surface area (Å²) in [6.07, 6.45) is 34.3. The van der Waals surface area contributed by atoms with Crippen molar-refractivity contribution >= 4 is 19.8 Å². The highest BCUT2D eigenvalue weighted by Gasteiger charge is 2.27. The molecule has 0 aromatic rings. The number of carbonyl (C=O) groups excluding carboxylic acids is 2. The molecule has 0 amide bonds. The van der Waals surface area contributed by atoms with Gasteiger partial charge in [-0.3, -0.25) is 18.6 Å². The summed E-state index contributed by atoms with van der Waals surface area (Å²) in [7, 11) is -4.63. The minimum atomic E-state index is -4.63. The van der Waals surface area contributed by atoms with Gasteiger partial charge in [0.2, 0.25) is 0 Å². The Balaban J connectivity index is 3.97. The van der Waals surface area contributed by atoms with Gasteiger partial charge in [0, 0.05) is 12.8 Å². The lowest BCUT2D eigenvalue weighted by Gasteiger charge is -2.20. The van der Waals surface area contributed by atoms with Crippen molar-refractivity contribution in [1.82, 2.24) is 0 Å². The van der Waals surface area contributed by atoms with Gasteiger partial charge < -0.3 is 24.6 Å². The largest absolute Gasteiger partial charge is 0.472 e. The third-order valence-corrected chi connectivity index (χ3v) is 9.59. The summed E-state index contributed by atoms with van der Waals surface area (Å²) in [6, 6.07) is 0. The third kappa shape index (κ3) is 35.3. The molecule has 3 unspecified atom stereocenters. The number of allylic oxidation sites excluding steroid dienone is 4. The third-order valence-electron chi connectivity index (χ3n) is 8.64. The van der Waals surface area contributed by atoms with E-state index in [2.05, 4.69) is 38.2 Å². The molecular weight excluding hydrogens is 671 g/mol. The fraction of sp³-hybridized carbons (Fsp3) is 0.850. The van der Waals surface area contributed by atoms with Gasteiger partial charge in [-0.05, 0) is 64.2 Å². The molecule has 0 radical (unpaired) electrons. The number of phosphoric acid groups is 1. The van der Waals surface area contributed by atoms with Crippen molar-refractivity contribution in [2.75, 3.05) is 26.4 Å². The average Bonchev–Trinajstić information content (AvgIpc) is 3.12. The summed E-state index contributed by atoms with van der Waals surface area (Å²) in [5.74, 6) is -1.03. The quantitative estimate of drug-likeness (QED) is 0.0241. The summed E-state index contributed by atoms with van der Waals surface area (Å²) in [5.41, 5.74) is 0. The zero-order chi connectivity index (χ0) is 37.7. The molecule has 0 aromatic heterocycles. The van der Waals surface area contributed by atoms with E-state index in [1.165, 1.54) is 64.2 Å². The van der Waals surface area contributed by atoms with Gasteiger partial charge >= 0.3 is 19.8 Å². The maximum atomic E-state index is 12.3. The smallest absolute Gasteiger partial charge is 0.457 e. The summed E-state index contributed by atoms with van der Waals surface area (Å²) in [4.78, 5) is 34.4. The van der Waals surface area contributed by atoms with Crippen LogP contribution < -0.4 is 0 Å². The lowest BCUT2D eigenvalue weighted by molar-refractivity contribution is -0.153. The van der Waals surface area contributed by atoms with Crippen molar-refractivity contribution < 1.29 is 47.8 Å². The highest BCUT2D eigenvalue weighted by Crippen LogP contribution is 2.43. The maximum Gasteiger partial charge on any atom is 0.472 e. The molecule has 0 aliphatic heterocycles. The number of esters is 2. The van der Waals surface area contributed by atoms with Crippen LogP contribution in [0.15, 0.2) is 24.3 Å². The van der Waals surface area contributed by atoms with Crippen molar-refractivity contribution in [3.8, 4) is 0 Å². The monoisotopic (exact) mass is 747 g/mol. The molecule has 10 nitrogen and oxygen atoms in total. The van der Waals surface area contributed by atoms with Crippen LogP contribution in [0.2, 0.25) is 0 Å². The van der Waals surface area contributed by atoms with E-state index in [0.717, 1.165) is 77.0 Å². The van der Waals surface area contributed by atoms with E-state index < -0.39 is 58.4 Å². The van der Waals surface area contributed by atoms with Crippen molar-refractivity contribution in [3.05, 3.63) is 24.3 Å². The van der Waals surface area contributed by atoms with Crippen LogP contribution in [-0.4, -0.2) is 65.7 Å². The van der Waals surface area contributed by atoms with E-state index in [9.17, 15) is 29.3 Å². The van der Waals surface area contributed by atoms with Crippen molar-refractivity contribution in [2.24, 2.45) is 0 Å². The molecule has 0 heterocycles. The molecular formula is C40H75O10P.